The molecule has 2 nitrogen and oxygen atoms in total. The SMILES string of the molecule is C1=CC2=C(CC1)C1(c3ccccc3Oc3ccccc31)c1cc3[nH]c4ccccc4c3cc12. The van der Waals surface area contributed by atoms with E-state index in [9.17, 15) is 0 Å². The molecule has 0 radical (unpaired) electrons. The first-order valence-corrected chi connectivity index (χ1v) is 11.7. The van der Waals surface area contributed by atoms with Crippen molar-refractivity contribution in [3.8, 4) is 11.5 Å². The van der Waals surface area contributed by atoms with E-state index in [1.54, 1.807) is 0 Å². The van der Waals surface area contributed by atoms with E-state index in [0.717, 1.165) is 24.3 Å². The number of hydrogen-bond acceptors (Lipinski definition) is 1. The van der Waals surface area contributed by atoms with Crippen LogP contribution < -0.4 is 4.74 Å². The Bertz CT molecular complexity index is 1650. The molecular weight excluding hydrogens is 402 g/mol. The summed E-state index contributed by atoms with van der Waals surface area (Å²) in [6.07, 6.45) is 6.81. The molecule has 1 N–H and O–H groups in total. The maximum atomic E-state index is 6.45. The van der Waals surface area contributed by atoms with Gasteiger partial charge in [-0.05, 0) is 65.4 Å². The predicted molar refractivity (Wildman–Crippen MR) is 134 cm³/mol. The number of aromatic amines is 1. The van der Waals surface area contributed by atoms with Crippen molar-refractivity contribution in [3.05, 3.63) is 125 Å². The van der Waals surface area contributed by atoms with Crippen LogP contribution in [0.1, 0.15) is 35.1 Å². The van der Waals surface area contributed by atoms with Crippen molar-refractivity contribution in [1.29, 1.82) is 0 Å². The van der Waals surface area contributed by atoms with Gasteiger partial charge in [0, 0.05) is 32.9 Å². The first-order valence-electron chi connectivity index (χ1n) is 11.7. The zero-order chi connectivity index (χ0) is 21.6. The van der Waals surface area contributed by atoms with Gasteiger partial charge < -0.3 is 9.72 Å². The van der Waals surface area contributed by atoms with Gasteiger partial charge in [-0.15, -0.1) is 0 Å². The lowest BCUT2D eigenvalue weighted by Crippen LogP contribution is -2.33. The molecule has 33 heavy (non-hydrogen) atoms. The molecule has 5 aromatic rings. The Morgan fingerprint density at radius 3 is 2.24 bits per heavy atom. The van der Waals surface area contributed by atoms with Gasteiger partial charge in [0.25, 0.3) is 0 Å². The monoisotopic (exact) mass is 423 g/mol. The molecule has 3 aliphatic rings. The van der Waals surface area contributed by atoms with Crippen LogP contribution >= 0.6 is 0 Å². The summed E-state index contributed by atoms with van der Waals surface area (Å²) in [5.74, 6) is 1.92. The second-order valence-electron chi connectivity index (χ2n) is 9.29. The third-order valence-corrected chi connectivity index (χ3v) is 7.76. The zero-order valence-corrected chi connectivity index (χ0v) is 18.1. The van der Waals surface area contributed by atoms with Crippen molar-refractivity contribution in [2.24, 2.45) is 0 Å². The number of ether oxygens (including phenoxy) is 1. The van der Waals surface area contributed by atoms with Crippen LogP contribution in [0.2, 0.25) is 0 Å². The molecule has 2 aliphatic carbocycles. The lowest BCUT2D eigenvalue weighted by atomic mass is 9.64. The predicted octanol–water partition coefficient (Wildman–Crippen LogP) is 7.88. The van der Waals surface area contributed by atoms with Gasteiger partial charge in [-0.1, -0.05) is 66.7 Å². The lowest BCUT2D eigenvalue weighted by molar-refractivity contribution is 0.432. The molecule has 1 spiro atoms. The van der Waals surface area contributed by atoms with Gasteiger partial charge in [-0.25, -0.2) is 0 Å². The Hall–Kier alpha value is -4.04. The second-order valence-corrected chi connectivity index (χ2v) is 9.29. The van der Waals surface area contributed by atoms with Gasteiger partial charge in [-0.2, -0.15) is 0 Å². The fraction of sp³-hybridized carbons (Fsp3) is 0.0968. The molecule has 2 heteroatoms. The lowest BCUT2D eigenvalue weighted by Gasteiger charge is -2.41. The minimum atomic E-state index is -0.327. The van der Waals surface area contributed by atoms with Crippen LogP contribution in [0.4, 0.5) is 0 Å². The number of H-pyrrole nitrogens is 1. The van der Waals surface area contributed by atoms with Gasteiger partial charge in [0.05, 0.1) is 5.41 Å². The molecule has 0 amide bonds. The summed E-state index contributed by atoms with van der Waals surface area (Å²) in [6.45, 7) is 0. The van der Waals surface area contributed by atoms with Crippen LogP contribution in [0.25, 0.3) is 27.4 Å². The Labute approximate surface area is 191 Å². The van der Waals surface area contributed by atoms with Crippen molar-refractivity contribution in [3.63, 3.8) is 0 Å². The largest absolute Gasteiger partial charge is 0.457 e. The smallest absolute Gasteiger partial charge is 0.132 e. The molecule has 4 aromatic carbocycles. The molecule has 2 heterocycles. The van der Waals surface area contributed by atoms with E-state index in [4.69, 9.17) is 4.74 Å². The number of aromatic nitrogens is 1. The Kier molecular flexibility index (Phi) is 3.21. The average Bonchev–Trinajstić information content (AvgIpc) is 3.37. The number of fused-ring (bicyclic) bond motifs is 11. The summed E-state index contributed by atoms with van der Waals surface area (Å²) in [5.41, 5.74) is 10.2. The number of benzene rings is 4. The molecule has 156 valence electrons. The standard InChI is InChI=1S/C31H21NO/c1-3-11-23-19(9-1)21-17-22-20-10-2-6-14-27(20)32-28(22)18-26(21)31(23)24-12-4-7-15-29(24)33-30-16-8-5-13-25(30)31/h1-2,4-10,12-18,32H,3,11H2. The molecule has 0 fully saturated rings. The topological polar surface area (TPSA) is 25.0 Å². The fourth-order valence-corrected chi connectivity index (χ4v) is 6.51. The van der Waals surface area contributed by atoms with Crippen molar-refractivity contribution in [1.82, 2.24) is 4.98 Å². The van der Waals surface area contributed by atoms with Crippen molar-refractivity contribution < 1.29 is 4.74 Å². The maximum Gasteiger partial charge on any atom is 0.132 e. The van der Waals surface area contributed by atoms with Gasteiger partial charge >= 0.3 is 0 Å². The summed E-state index contributed by atoms with van der Waals surface area (Å²) in [6, 6.07) is 30.7. The highest BCUT2D eigenvalue weighted by Crippen LogP contribution is 2.63. The van der Waals surface area contributed by atoms with Crippen LogP contribution in [0.3, 0.4) is 0 Å². The fourth-order valence-electron chi connectivity index (χ4n) is 6.51. The summed E-state index contributed by atoms with van der Waals surface area (Å²) in [4.78, 5) is 3.69. The van der Waals surface area contributed by atoms with E-state index in [0.29, 0.717) is 0 Å². The highest BCUT2D eigenvalue weighted by atomic mass is 16.5. The first-order chi connectivity index (χ1) is 16.4. The third kappa shape index (κ3) is 2.05. The molecule has 0 atom stereocenters. The minimum Gasteiger partial charge on any atom is -0.457 e. The summed E-state index contributed by atoms with van der Waals surface area (Å²) in [7, 11) is 0. The average molecular weight is 424 g/mol. The van der Waals surface area contributed by atoms with E-state index in [-0.39, 0.29) is 5.41 Å². The number of rotatable bonds is 0. The van der Waals surface area contributed by atoms with Gasteiger partial charge in [0.15, 0.2) is 0 Å². The number of para-hydroxylation sites is 3. The highest BCUT2D eigenvalue weighted by molar-refractivity contribution is 6.10. The Morgan fingerprint density at radius 1 is 0.697 bits per heavy atom. The van der Waals surface area contributed by atoms with E-state index in [1.165, 1.54) is 55.2 Å². The maximum absolute atomic E-state index is 6.45. The van der Waals surface area contributed by atoms with E-state index < -0.39 is 0 Å². The number of allylic oxidation sites excluding steroid dienone is 4. The normalized spacial score (nSPS) is 17.1. The minimum absolute atomic E-state index is 0.327. The molecule has 0 saturated carbocycles. The van der Waals surface area contributed by atoms with Crippen LogP contribution in [0, 0.1) is 0 Å². The van der Waals surface area contributed by atoms with Crippen LogP contribution in [0.5, 0.6) is 11.5 Å². The summed E-state index contributed by atoms with van der Waals surface area (Å²) >= 11 is 0. The molecule has 1 aromatic heterocycles. The number of hydrogen-bond donors (Lipinski definition) is 1. The van der Waals surface area contributed by atoms with Crippen LogP contribution in [-0.2, 0) is 5.41 Å². The van der Waals surface area contributed by atoms with Gasteiger partial charge in [-0.3, -0.25) is 0 Å². The molecule has 0 unspecified atom stereocenters. The van der Waals surface area contributed by atoms with Crippen LogP contribution in [-0.4, -0.2) is 4.98 Å². The highest BCUT2D eigenvalue weighted by Gasteiger charge is 2.52. The first kappa shape index (κ1) is 17.5. The third-order valence-electron chi connectivity index (χ3n) is 7.76. The molecular formula is C31H21NO. The molecule has 8 rings (SSSR count). The molecule has 0 saturated heterocycles. The van der Waals surface area contributed by atoms with Crippen molar-refractivity contribution in [2.45, 2.75) is 18.3 Å². The molecule has 1 aliphatic heterocycles. The van der Waals surface area contributed by atoms with Crippen LogP contribution in [0.15, 0.2) is 103 Å². The number of nitrogens with one attached hydrogen (secondary N) is 1. The zero-order valence-electron chi connectivity index (χ0n) is 18.1. The second kappa shape index (κ2) is 6.05. The van der Waals surface area contributed by atoms with Gasteiger partial charge in [0.2, 0.25) is 0 Å². The molecule has 0 bridgehead atoms. The van der Waals surface area contributed by atoms with Crippen molar-refractivity contribution >= 4 is 27.4 Å². The van der Waals surface area contributed by atoms with E-state index in [2.05, 4.69) is 102 Å². The summed E-state index contributed by atoms with van der Waals surface area (Å²) < 4.78 is 6.45. The quantitative estimate of drug-likeness (QED) is 0.269. The summed E-state index contributed by atoms with van der Waals surface area (Å²) in [5, 5.41) is 2.58. The Balaban J connectivity index is 1.58. The Morgan fingerprint density at radius 2 is 1.42 bits per heavy atom. The van der Waals surface area contributed by atoms with E-state index >= 15 is 0 Å². The van der Waals surface area contributed by atoms with E-state index in [1.807, 2.05) is 0 Å². The van der Waals surface area contributed by atoms with Crippen molar-refractivity contribution in [2.75, 3.05) is 0 Å². The van der Waals surface area contributed by atoms with Gasteiger partial charge in [0.1, 0.15) is 11.5 Å².